The fourth-order valence-corrected chi connectivity index (χ4v) is 2.08. The van der Waals surface area contributed by atoms with E-state index in [2.05, 4.69) is 15.3 Å². The van der Waals surface area contributed by atoms with Gasteiger partial charge in [-0.15, -0.1) is 0 Å². The summed E-state index contributed by atoms with van der Waals surface area (Å²) in [7, 11) is 4.83. The van der Waals surface area contributed by atoms with Crippen molar-refractivity contribution in [3.05, 3.63) is 47.7 Å². The van der Waals surface area contributed by atoms with Gasteiger partial charge in [-0.1, -0.05) is 6.07 Å². The Morgan fingerprint density at radius 3 is 2.62 bits per heavy atom. The predicted octanol–water partition coefficient (Wildman–Crippen LogP) is 2.14. The lowest BCUT2D eigenvalue weighted by Crippen LogP contribution is -2.20. The number of ether oxygens (including phenoxy) is 2. The van der Waals surface area contributed by atoms with Gasteiger partial charge in [0.25, 0.3) is 0 Å². The second-order valence-electron chi connectivity index (χ2n) is 4.50. The van der Waals surface area contributed by atoms with E-state index >= 15 is 0 Å². The third-order valence-electron chi connectivity index (χ3n) is 3.23. The highest BCUT2D eigenvalue weighted by molar-refractivity contribution is 5.30. The van der Waals surface area contributed by atoms with Crippen LogP contribution in [0.2, 0.25) is 0 Å². The van der Waals surface area contributed by atoms with Crippen LogP contribution in [-0.4, -0.2) is 31.2 Å². The van der Waals surface area contributed by atoms with Crippen LogP contribution in [0.1, 0.15) is 17.3 Å². The molecule has 1 aromatic carbocycles. The molecule has 0 aliphatic rings. The average Bonchev–Trinajstić information content (AvgIpc) is 2.52. The number of nitrogens with one attached hydrogen (secondary N) is 1. The largest absolute Gasteiger partial charge is 0.494 e. The molecule has 0 saturated heterocycles. The SMILES string of the molecule is CNC(Cc1ccc(OC)c(F)c1)c1cc(OC)ncn1. The Morgan fingerprint density at radius 1 is 1.19 bits per heavy atom. The lowest BCUT2D eigenvalue weighted by molar-refractivity contribution is 0.386. The third kappa shape index (κ3) is 3.66. The first-order valence-electron chi connectivity index (χ1n) is 6.53. The molecule has 2 rings (SSSR count). The molecule has 0 aliphatic heterocycles. The van der Waals surface area contributed by atoms with Crippen molar-refractivity contribution in [1.29, 1.82) is 0 Å². The van der Waals surface area contributed by atoms with Gasteiger partial charge in [-0.3, -0.25) is 0 Å². The van der Waals surface area contributed by atoms with Crippen LogP contribution in [0.3, 0.4) is 0 Å². The molecule has 1 unspecified atom stereocenters. The number of hydrogen-bond acceptors (Lipinski definition) is 5. The van der Waals surface area contributed by atoms with E-state index in [-0.39, 0.29) is 17.6 Å². The molecule has 0 radical (unpaired) electrons. The Bertz CT molecular complexity index is 607. The van der Waals surface area contributed by atoms with Crippen LogP contribution in [0, 0.1) is 5.82 Å². The molecule has 0 fully saturated rings. The van der Waals surface area contributed by atoms with Gasteiger partial charge in [0.1, 0.15) is 6.33 Å². The van der Waals surface area contributed by atoms with Gasteiger partial charge in [0, 0.05) is 6.07 Å². The van der Waals surface area contributed by atoms with Crippen molar-refractivity contribution in [3.8, 4) is 11.6 Å². The minimum atomic E-state index is -0.370. The van der Waals surface area contributed by atoms with E-state index in [4.69, 9.17) is 9.47 Å². The van der Waals surface area contributed by atoms with E-state index in [0.29, 0.717) is 12.3 Å². The van der Waals surface area contributed by atoms with Crippen LogP contribution in [0.15, 0.2) is 30.6 Å². The van der Waals surface area contributed by atoms with Gasteiger partial charge in [-0.2, -0.15) is 0 Å². The molecule has 0 amide bonds. The molecule has 21 heavy (non-hydrogen) atoms. The van der Waals surface area contributed by atoms with Crippen molar-refractivity contribution in [2.75, 3.05) is 21.3 Å². The van der Waals surface area contributed by atoms with Crippen LogP contribution in [-0.2, 0) is 6.42 Å². The highest BCUT2D eigenvalue weighted by atomic mass is 19.1. The highest BCUT2D eigenvalue weighted by Gasteiger charge is 2.14. The van der Waals surface area contributed by atoms with Crippen molar-refractivity contribution in [2.24, 2.45) is 0 Å². The molecule has 5 nitrogen and oxygen atoms in total. The second-order valence-corrected chi connectivity index (χ2v) is 4.50. The minimum Gasteiger partial charge on any atom is -0.494 e. The van der Waals surface area contributed by atoms with E-state index in [0.717, 1.165) is 11.3 Å². The number of likely N-dealkylation sites (N-methyl/N-ethyl adjacent to an activating group) is 1. The topological polar surface area (TPSA) is 56.3 Å². The van der Waals surface area contributed by atoms with Gasteiger partial charge >= 0.3 is 0 Å². The molecule has 0 aliphatic carbocycles. The molecular weight excluding hydrogens is 273 g/mol. The highest BCUT2D eigenvalue weighted by Crippen LogP contribution is 2.22. The normalized spacial score (nSPS) is 12.0. The van der Waals surface area contributed by atoms with E-state index < -0.39 is 0 Å². The zero-order valence-electron chi connectivity index (χ0n) is 12.3. The van der Waals surface area contributed by atoms with Crippen molar-refractivity contribution in [1.82, 2.24) is 15.3 Å². The zero-order chi connectivity index (χ0) is 15.2. The minimum absolute atomic E-state index is 0.0605. The number of hydrogen-bond donors (Lipinski definition) is 1. The van der Waals surface area contributed by atoms with Crippen LogP contribution in [0.4, 0.5) is 4.39 Å². The van der Waals surface area contributed by atoms with E-state index in [1.165, 1.54) is 19.5 Å². The lowest BCUT2D eigenvalue weighted by atomic mass is 10.0. The fourth-order valence-electron chi connectivity index (χ4n) is 2.08. The molecule has 0 bridgehead atoms. The quantitative estimate of drug-likeness (QED) is 0.883. The van der Waals surface area contributed by atoms with Gasteiger partial charge in [-0.25, -0.2) is 14.4 Å². The van der Waals surface area contributed by atoms with Crippen LogP contribution < -0.4 is 14.8 Å². The van der Waals surface area contributed by atoms with Crippen LogP contribution in [0.25, 0.3) is 0 Å². The van der Waals surface area contributed by atoms with Crippen LogP contribution in [0.5, 0.6) is 11.6 Å². The van der Waals surface area contributed by atoms with Gasteiger partial charge in [0.15, 0.2) is 11.6 Å². The Kier molecular flexibility index (Phi) is 5.05. The molecular formula is C15H18FN3O2. The van der Waals surface area contributed by atoms with Gasteiger partial charge in [-0.05, 0) is 31.2 Å². The Balaban J connectivity index is 2.20. The van der Waals surface area contributed by atoms with Crippen molar-refractivity contribution in [2.45, 2.75) is 12.5 Å². The smallest absolute Gasteiger partial charge is 0.216 e. The molecule has 0 spiro atoms. The fraction of sp³-hybridized carbons (Fsp3) is 0.333. The molecule has 0 saturated carbocycles. The first-order chi connectivity index (χ1) is 10.2. The summed E-state index contributed by atoms with van der Waals surface area (Å²) in [5.41, 5.74) is 1.64. The van der Waals surface area contributed by atoms with E-state index in [1.807, 2.05) is 13.1 Å². The van der Waals surface area contributed by atoms with Gasteiger partial charge in [0.2, 0.25) is 5.88 Å². The van der Waals surface area contributed by atoms with Crippen molar-refractivity contribution in [3.63, 3.8) is 0 Å². The maximum Gasteiger partial charge on any atom is 0.216 e. The molecule has 112 valence electrons. The number of benzene rings is 1. The summed E-state index contributed by atoms with van der Waals surface area (Å²) in [6.45, 7) is 0. The first kappa shape index (κ1) is 15.2. The van der Waals surface area contributed by atoms with Crippen LogP contribution >= 0.6 is 0 Å². The van der Waals surface area contributed by atoms with E-state index in [1.54, 1.807) is 19.2 Å². The van der Waals surface area contributed by atoms with E-state index in [9.17, 15) is 4.39 Å². The molecule has 1 N–H and O–H groups in total. The summed E-state index contributed by atoms with van der Waals surface area (Å²) in [6.07, 6.45) is 2.05. The second kappa shape index (κ2) is 6.99. The lowest BCUT2D eigenvalue weighted by Gasteiger charge is -2.16. The third-order valence-corrected chi connectivity index (χ3v) is 3.23. The number of methoxy groups -OCH3 is 2. The predicted molar refractivity (Wildman–Crippen MR) is 77.0 cm³/mol. The van der Waals surface area contributed by atoms with Gasteiger partial charge < -0.3 is 14.8 Å². The van der Waals surface area contributed by atoms with Crippen molar-refractivity contribution < 1.29 is 13.9 Å². The standard InChI is InChI=1S/C15H18FN3O2/c1-17-12(13-8-15(21-3)19-9-18-13)7-10-4-5-14(20-2)11(16)6-10/h4-6,8-9,12,17H,7H2,1-3H3. The monoisotopic (exact) mass is 291 g/mol. The van der Waals surface area contributed by atoms with Gasteiger partial charge in [0.05, 0.1) is 26.0 Å². The average molecular weight is 291 g/mol. The number of aromatic nitrogens is 2. The molecule has 6 heteroatoms. The molecule has 2 aromatic rings. The maximum atomic E-state index is 13.7. The Morgan fingerprint density at radius 2 is 2.00 bits per heavy atom. The summed E-state index contributed by atoms with van der Waals surface area (Å²) < 4.78 is 23.7. The maximum absolute atomic E-state index is 13.7. The summed E-state index contributed by atoms with van der Waals surface area (Å²) in [4.78, 5) is 8.22. The summed E-state index contributed by atoms with van der Waals surface area (Å²) >= 11 is 0. The zero-order valence-corrected chi connectivity index (χ0v) is 12.3. The number of halogens is 1. The molecule has 1 aromatic heterocycles. The Labute approximate surface area is 123 Å². The first-order valence-corrected chi connectivity index (χ1v) is 6.53. The summed E-state index contributed by atoms with van der Waals surface area (Å²) in [5.74, 6) is 0.370. The molecule has 1 atom stereocenters. The Hall–Kier alpha value is -2.21. The number of nitrogens with zero attached hydrogens (tertiary/aromatic N) is 2. The molecule has 1 heterocycles. The number of rotatable bonds is 6. The summed E-state index contributed by atoms with van der Waals surface area (Å²) in [5, 5.41) is 3.17. The van der Waals surface area contributed by atoms with Crippen molar-refractivity contribution >= 4 is 0 Å². The summed E-state index contributed by atoms with van der Waals surface area (Å²) in [6, 6.07) is 6.64.